The molecule has 5 heteroatoms. The van der Waals surface area contributed by atoms with Gasteiger partial charge in [-0.25, -0.2) is 0 Å². The number of hydrogen-bond acceptors (Lipinski definition) is 2. The molecule has 1 rings (SSSR count). The summed E-state index contributed by atoms with van der Waals surface area (Å²) >= 11 is 0. The number of aliphatic hydroxyl groups excluding tert-OH is 1. The summed E-state index contributed by atoms with van der Waals surface area (Å²) in [5, 5.41) is 11.1. The minimum Gasteiger partial charge on any atom is -0.395 e. The predicted molar refractivity (Wildman–Crippen MR) is 33.0 cm³/mol. The van der Waals surface area contributed by atoms with Crippen molar-refractivity contribution in [3.05, 3.63) is 0 Å². The van der Waals surface area contributed by atoms with Gasteiger partial charge in [0.15, 0.2) is 0 Å². The first-order valence-electron chi connectivity index (χ1n) is 3.45. The Labute approximate surface area is 62.4 Å². The van der Waals surface area contributed by atoms with Gasteiger partial charge in [-0.1, -0.05) is 0 Å². The number of rotatable bonds is 1. The lowest BCUT2D eigenvalue weighted by molar-refractivity contribution is -0.169. The number of nitrogens with one attached hydrogen (secondary N) is 1. The van der Waals surface area contributed by atoms with Crippen LogP contribution in [0.5, 0.6) is 0 Å². The Kier molecular flexibility index (Phi) is 2.39. The van der Waals surface area contributed by atoms with Crippen LogP contribution in [-0.2, 0) is 0 Å². The van der Waals surface area contributed by atoms with E-state index < -0.39 is 12.1 Å². The molecule has 11 heavy (non-hydrogen) atoms. The van der Waals surface area contributed by atoms with Crippen molar-refractivity contribution in [2.75, 3.05) is 13.2 Å². The lowest BCUT2D eigenvalue weighted by atomic mass is 10.1. The molecule has 0 unspecified atom stereocenters. The Balaban J connectivity index is 2.42. The average molecular weight is 169 g/mol. The summed E-state index contributed by atoms with van der Waals surface area (Å²) in [6.07, 6.45) is -4.11. The van der Waals surface area contributed by atoms with Gasteiger partial charge in [0.2, 0.25) is 0 Å². The molecule has 2 N–H and O–H groups in total. The highest BCUT2D eigenvalue weighted by Gasteiger charge is 2.43. The number of hydrogen-bond donors (Lipinski definition) is 2. The molecule has 0 bridgehead atoms. The van der Waals surface area contributed by atoms with E-state index in [2.05, 4.69) is 5.32 Å². The van der Waals surface area contributed by atoms with Crippen LogP contribution in [0.25, 0.3) is 0 Å². The standard InChI is InChI=1S/C6H10F3NO/c7-6(8,9)4-1-5(3-11)10-2-4/h4-5,10-11H,1-3H2/t4-,5-/m1/s1. The van der Waals surface area contributed by atoms with Crippen LogP contribution in [0.1, 0.15) is 6.42 Å². The zero-order valence-corrected chi connectivity index (χ0v) is 5.86. The first-order valence-corrected chi connectivity index (χ1v) is 3.45. The Morgan fingerprint density at radius 2 is 2.09 bits per heavy atom. The molecule has 1 fully saturated rings. The normalized spacial score (nSPS) is 32.7. The van der Waals surface area contributed by atoms with E-state index in [9.17, 15) is 13.2 Å². The molecule has 0 aromatic heterocycles. The summed E-state index contributed by atoms with van der Waals surface area (Å²) < 4.78 is 35.8. The SMILES string of the molecule is OC[C@H]1C[C@@H](C(F)(F)F)CN1. The zero-order valence-electron chi connectivity index (χ0n) is 5.86. The van der Waals surface area contributed by atoms with Gasteiger partial charge in [0.05, 0.1) is 12.5 Å². The quantitative estimate of drug-likeness (QED) is 0.599. The van der Waals surface area contributed by atoms with Gasteiger partial charge in [0.25, 0.3) is 0 Å². The second-order valence-electron chi connectivity index (χ2n) is 2.76. The average Bonchev–Trinajstić information content (AvgIpc) is 2.32. The highest BCUT2D eigenvalue weighted by Crippen LogP contribution is 2.32. The highest BCUT2D eigenvalue weighted by molar-refractivity contribution is 4.84. The first kappa shape index (κ1) is 8.80. The molecule has 1 aliphatic rings. The summed E-state index contributed by atoms with van der Waals surface area (Å²) in [6.45, 7) is -0.276. The molecule has 0 saturated carbocycles. The van der Waals surface area contributed by atoms with Gasteiger partial charge in [-0.2, -0.15) is 13.2 Å². The molecule has 0 amide bonds. The molecule has 0 aromatic rings. The van der Waals surface area contributed by atoms with E-state index in [1.54, 1.807) is 0 Å². The summed E-state index contributed by atoms with van der Waals surface area (Å²) in [5.74, 6) is -1.28. The molecule has 0 aromatic carbocycles. The molecule has 66 valence electrons. The van der Waals surface area contributed by atoms with Gasteiger partial charge in [-0.05, 0) is 6.42 Å². The minimum absolute atomic E-state index is 0. The van der Waals surface area contributed by atoms with Crippen molar-refractivity contribution in [1.29, 1.82) is 0 Å². The summed E-state index contributed by atoms with van der Waals surface area (Å²) in [5.41, 5.74) is 0. The Hall–Kier alpha value is -0.290. The van der Waals surface area contributed by atoms with Crippen LogP contribution in [0.4, 0.5) is 13.2 Å². The fraction of sp³-hybridized carbons (Fsp3) is 1.00. The van der Waals surface area contributed by atoms with Crippen LogP contribution in [0.2, 0.25) is 0 Å². The van der Waals surface area contributed by atoms with E-state index in [0.717, 1.165) is 0 Å². The fourth-order valence-corrected chi connectivity index (χ4v) is 1.21. The Morgan fingerprint density at radius 3 is 2.36 bits per heavy atom. The summed E-state index contributed by atoms with van der Waals surface area (Å²) in [4.78, 5) is 0. The van der Waals surface area contributed by atoms with Crippen molar-refractivity contribution < 1.29 is 18.3 Å². The van der Waals surface area contributed by atoms with Gasteiger partial charge >= 0.3 is 6.18 Å². The number of aliphatic hydroxyl groups is 1. The van der Waals surface area contributed by atoms with Crippen LogP contribution in [0.3, 0.4) is 0 Å². The molecular formula is C6H10F3NO. The third kappa shape index (κ3) is 2.07. The predicted octanol–water partition coefficient (Wildman–Crippen LogP) is 0.519. The molecular weight excluding hydrogens is 159 g/mol. The van der Waals surface area contributed by atoms with Crippen LogP contribution in [0, 0.1) is 5.92 Å². The Morgan fingerprint density at radius 1 is 1.45 bits per heavy atom. The molecule has 1 aliphatic heterocycles. The molecule has 0 spiro atoms. The second-order valence-corrected chi connectivity index (χ2v) is 2.76. The van der Waals surface area contributed by atoms with Gasteiger partial charge < -0.3 is 10.4 Å². The summed E-state index contributed by atoms with van der Waals surface area (Å²) in [6, 6.07) is -0.373. The maximum absolute atomic E-state index is 11.9. The van der Waals surface area contributed by atoms with Crippen LogP contribution < -0.4 is 5.32 Å². The van der Waals surface area contributed by atoms with Gasteiger partial charge in [-0.3, -0.25) is 0 Å². The molecule has 1 heterocycles. The smallest absolute Gasteiger partial charge is 0.393 e. The monoisotopic (exact) mass is 169 g/mol. The van der Waals surface area contributed by atoms with Crippen LogP contribution in [0.15, 0.2) is 0 Å². The van der Waals surface area contributed by atoms with E-state index in [0.29, 0.717) is 0 Å². The van der Waals surface area contributed by atoms with Crippen molar-refractivity contribution in [2.24, 2.45) is 5.92 Å². The minimum atomic E-state index is -4.11. The van der Waals surface area contributed by atoms with Crippen LogP contribution >= 0.6 is 0 Å². The van der Waals surface area contributed by atoms with E-state index in [1.807, 2.05) is 0 Å². The van der Waals surface area contributed by atoms with Gasteiger partial charge in [0, 0.05) is 12.6 Å². The van der Waals surface area contributed by atoms with Gasteiger partial charge in [-0.15, -0.1) is 0 Å². The summed E-state index contributed by atoms with van der Waals surface area (Å²) in [7, 11) is 0. The maximum Gasteiger partial charge on any atom is 0.393 e. The first-order chi connectivity index (χ1) is 5.04. The molecule has 2 nitrogen and oxygen atoms in total. The topological polar surface area (TPSA) is 32.3 Å². The van der Waals surface area contributed by atoms with E-state index >= 15 is 0 Å². The molecule has 2 atom stereocenters. The van der Waals surface area contributed by atoms with Crippen LogP contribution in [-0.4, -0.2) is 30.5 Å². The lowest BCUT2D eigenvalue weighted by Gasteiger charge is -2.12. The molecule has 1 saturated heterocycles. The highest BCUT2D eigenvalue weighted by atomic mass is 19.4. The maximum atomic E-state index is 11.9. The number of alkyl halides is 3. The van der Waals surface area contributed by atoms with E-state index in [-0.39, 0.29) is 25.6 Å². The zero-order chi connectivity index (χ0) is 8.48. The lowest BCUT2D eigenvalue weighted by Crippen LogP contribution is -2.25. The second kappa shape index (κ2) is 2.98. The van der Waals surface area contributed by atoms with Crippen molar-refractivity contribution in [2.45, 2.75) is 18.6 Å². The van der Waals surface area contributed by atoms with Gasteiger partial charge in [0.1, 0.15) is 0 Å². The molecule has 0 aliphatic carbocycles. The van der Waals surface area contributed by atoms with Crippen molar-refractivity contribution in [1.82, 2.24) is 5.32 Å². The third-order valence-electron chi connectivity index (χ3n) is 1.91. The largest absolute Gasteiger partial charge is 0.395 e. The van der Waals surface area contributed by atoms with Crippen molar-refractivity contribution >= 4 is 0 Å². The third-order valence-corrected chi connectivity index (χ3v) is 1.91. The number of halogens is 3. The van der Waals surface area contributed by atoms with Crippen molar-refractivity contribution in [3.8, 4) is 0 Å². The fourth-order valence-electron chi connectivity index (χ4n) is 1.21. The van der Waals surface area contributed by atoms with E-state index in [4.69, 9.17) is 5.11 Å². The van der Waals surface area contributed by atoms with E-state index in [1.165, 1.54) is 0 Å². The molecule has 0 radical (unpaired) electrons. The van der Waals surface area contributed by atoms with Crippen molar-refractivity contribution in [3.63, 3.8) is 0 Å². The Bertz CT molecular complexity index is 136.